The minimum absolute atomic E-state index is 0.176. The molecule has 0 aliphatic heterocycles. The van der Waals surface area contributed by atoms with Crippen molar-refractivity contribution in [3.8, 4) is 5.75 Å². The normalized spacial score (nSPS) is 9.91. The fourth-order valence-electron chi connectivity index (χ4n) is 1.70. The highest BCUT2D eigenvalue weighted by Gasteiger charge is 2.07. The Kier molecular flexibility index (Phi) is 5.76. The van der Waals surface area contributed by atoms with E-state index in [1.165, 1.54) is 7.11 Å². The number of amides is 1. The first kappa shape index (κ1) is 16.3. The van der Waals surface area contributed by atoms with Crippen molar-refractivity contribution in [2.24, 2.45) is 0 Å². The van der Waals surface area contributed by atoms with Crippen LogP contribution in [0.15, 0.2) is 48.5 Å². The zero-order valence-corrected chi connectivity index (χ0v) is 14.0. The molecule has 1 amide bonds. The van der Waals surface area contributed by atoms with Crippen LogP contribution >= 0.6 is 22.6 Å². The minimum Gasteiger partial charge on any atom is -0.482 e. The molecule has 0 aliphatic carbocycles. The number of rotatable bonds is 5. The molecule has 0 unspecified atom stereocenters. The zero-order valence-electron chi connectivity index (χ0n) is 11.8. The third-order valence-corrected chi connectivity index (χ3v) is 3.43. The number of anilines is 1. The molecule has 114 valence electrons. The third-order valence-electron chi connectivity index (χ3n) is 2.76. The standard InChI is InChI=1S/C16H14INO4/c1-21-15(19)10-22-14-7-3-6-13(9-14)18-16(20)11-4-2-5-12(17)8-11/h2-9H,10H2,1H3,(H,18,20). The predicted octanol–water partition coefficient (Wildman–Crippen LogP) is 3.10. The molecule has 0 heterocycles. The SMILES string of the molecule is COC(=O)COc1cccc(NC(=O)c2cccc(I)c2)c1. The van der Waals surface area contributed by atoms with Crippen molar-refractivity contribution >= 4 is 40.2 Å². The first-order valence-electron chi connectivity index (χ1n) is 6.45. The number of hydrogen-bond acceptors (Lipinski definition) is 4. The molecule has 0 radical (unpaired) electrons. The maximum Gasteiger partial charge on any atom is 0.343 e. The topological polar surface area (TPSA) is 64.6 Å². The molecule has 0 saturated heterocycles. The molecule has 2 aromatic rings. The second kappa shape index (κ2) is 7.79. The molecule has 5 nitrogen and oxygen atoms in total. The lowest BCUT2D eigenvalue weighted by atomic mass is 10.2. The average molecular weight is 411 g/mol. The summed E-state index contributed by atoms with van der Waals surface area (Å²) in [5.41, 5.74) is 1.17. The fourth-order valence-corrected chi connectivity index (χ4v) is 2.24. The predicted molar refractivity (Wildman–Crippen MR) is 91.1 cm³/mol. The van der Waals surface area contributed by atoms with Crippen LogP contribution in [0.5, 0.6) is 5.75 Å². The lowest BCUT2D eigenvalue weighted by Crippen LogP contribution is -2.13. The van der Waals surface area contributed by atoms with E-state index in [0.717, 1.165) is 3.57 Å². The number of methoxy groups -OCH3 is 1. The Morgan fingerprint density at radius 1 is 1.14 bits per heavy atom. The van der Waals surface area contributed by atoms with Gasteiger partial charge in [-0.2, -0.15) is 0 Å². The summed E-state index contributed by atoms with van der Waals surface area (Å²) in [4.78, 5) is 23.2. The van der Waals surface area contributed by atoms with Gasteiger partial charge >= 0.3 is 5.97 Å². The van der Waals surface area contributed by atoms with Gasteiger partial charge in [0.1, 0.15) is 5.75 Å². The number of nitrogens with one attached hydrogen (secondary N) is 1. The van der Waals surface area contributed by atoms with E-state index < -0.39 is 5.97 Å². The Labute approximate surface area is 141 Å². The van der Waals surface area contributed by atoms with Crippen molar-refractivity contribution in [2.75, 3.05) is 19.0 Å². The highest BCUT2D eigenvalue weighted by molar-refractivity contribution is 14.1. The van der Waals surface area contributed by atoms with Crippen molar-refractivity contribution in [3.63, 3.8) is 0 Å². The first-order valence-corrected chi connectivity index (χ1v) is 7.53. The summed E-state index contributed by atoms with van der Waals surface area (Å²) in [5.74, 6) is -0.192. The average Bonchev–Trinajstić information content (AvgIpc) is 2.53. The van der Waals surface area contributed by atoms with E-state index in [0.29, 0.717) is 17.0 Å². The summed E-state index contributed by atoms with van der Waals surface area (Å²) in [5, 5.41) is 2.79. The lowest BCUT2D eigenvalue weighted by Gasteiger charge is -2.09. The summed E-state index contributed by atoms with van der Waals surface area (Å²) in [6, 6.07) is 14.1. The van der Waals surface area contributed by atoms with E-state index in [1.807, 2.05) is 12.1 Å². The largest absolute Gasteiger partial charge is 0.482 e. The maximum absolute atomic E-state index is 12.2. The molecule has 0 aliphatic rings. The quantitative estimate of drug-likeness (QED) is 0.607. The van der Waals surface area contributed by atoms with Crippen LogP contribution < -0.4 is 10.1 Å². The van der Waals surface area contributed by atoms with Gasteiger partial charge in [0.2, 0.25) is 0 Å². The molecule has 0 bridgehead atoms. The molecule has 0 saturated carbocycles. The van der Waals surface area contributed by atoms with Gasteiger partial charge in [-0.05, 0) is 52.9 Å². The lowest BCUT2D eigenvalue weighted by molar-refractivity contribution is -0.142. The van der Waals surface area contributed by atoms with Gasteiger partial charge in [-0.3, -0.25) is 4.79 Å². The summed E-state index contributed by atoms with van der Waals surface area (Å²) in [6.07, 6.45) is 0. The van der Waals surface area contributed by atoms with Gasteiger partial charge in [-0.15, -0.1) is 0 Å². The number of hydrogen-bond donors (Lipinski definition) is 1. The Hall–Kier alpha value is -2.09. The molecular formula is C16H14INO4. The molecule has 2 aromatic carbocycles. The van der Waals surface area contributed by atoms with Gasteiger partial charge in [0.25, 0.3) is 5.91 Å². The number of ether oxygens (including phenoxy) is 2. The van der Waals surface area contributed by atoms with Crippen LogP contribution in [0, 0.1) is 3.57 Å². The molecular weight excluding hydrogens is 397 g/mol. The van der Waals surface area contributed by atoms with Crippen molar-refractivity contribution in [1.29, 1.82) is 0 Å². The zero-order chi connectivity index (χ0) is 15.9. The van der Waals surface area contributed by atoms with Gasteiger partial charge in [0, 0.05) is 20.9 Å². The molecule has 1 N–H and O–H groups in total. The Morgan fingerprint density at radius 3 is 2.64 bits per heavy atom. The number of carbonyl (C=O) groups excluding carboxylic acids is 2. The van der Waals surface area contributed by atoms with Gasteiger partial charge in [0.05, 0.1) is 7.11 Å². The number of carbonyl (C=O) groups is 2. The molecule has 0 aromatic heterocycles. The first-order chi connectivity index (χ1) is 10.6. The van der Waals surface area contributed by atoms with E-state index in [-0.39, 0.29) is 12.5 Å². The van der Waals surface area contributed by atoms with Gasteiger partial charge in [-0.25, -0.2) is 4.79 Å². The second-order valence-electron chi connectivity index (χ2n) is 4.36. The molecule has 22 heavy (non-hydrogen) atoms. The van der Waals surface area contributed by atoms with Crippen LogP contribution in [-0.2, 0) is 9.53 Å². The summed E-state index contributed by atoms with van der Waals surface area (Å²) in [7, 11) is 1.30. The molecule has 6 heteroatoms. The summed E-state index contributed by atoms with van der Waals surface area (Å²) < 4.78 is 10.8. The Morgan fingerprint density at radius 2 is 1.91 bits per heavy atom. The fraction of sp³-hybridized carbons (Fsp3) is 0.125. The van der Waals surface area contributed by atoms with Crippen LogP contribution in [0.2, 0.25) is 0 Å². The van der Waals surface area contributed by atoms with Crippen molar-refractivity contribution < 1.29 is 19.1 Å². The van der Waals surface area contributed by atoms with Crippen LogP contribution in [0.4, 0.5) is 5.69 Å². The number of benzene rings is 2. The molecule has 2 rings (SSSR count). The van der Waals surface area contributed by atoms with E-state index >= 15 is 0 Å². The molecule has 0 atom stereocenters. The summed E-state index contributed by atoms with van der Waals surface area (Å²) in [6.45, 7) is -0.176. The Bertz CT molecular complexity index is 687. The van der Waals surface area contributed by atoms with E-state index in [2.05, 4.69) is 32.6 Å². The van der Waals surface area contributed by atoms with Gasteiger partial charge in [-0.1, -0.05) is 12.1 Å². The highest BCUT2D eigenvalue weighted by Crippen LogP contribution is 2.18. The van der Waals surface area contributed by atoms with Crippen LogP contribution in [0.3, 0.4) is 0 Å². The number of halogens is 1. The van der Waals surface area contributed by atoms with E-state index in [1.54, 1.807) is 36.4 Å². The van der Waals surface area contributed by atoms with Gasteiger partial charge in [0.15, 0.2) is 6.61 Å². The number of esters is 1. The highest BCUT2D eigenvalue weighted by atomic mass is 127. The van der Waals surface area contributed by atoms with E-state index in [4.69, 9.17) is 4.74 Å². The minimum atomic E-state index is -0.465. The van der Waals surface area contributed by atoms with Crippen molar-refractivity contribution in [3.05, 3.63) is 57.7 Å². The van der Waals surface area contributed by atoms with Crippen LogP contribution in [0.25, 0.3) is 0 Å². The smallest absolute Gasteiger partial charge is 0.343 e. The second-order valence-corrected chi connectivity index (χ2v) is 5.60. The van der Waals surface area contributed by atoms with Crippen molar-refractivity contribution in [2.45, 2.75) is 0 Å². The van der Waals surface area contributed by atoms with Crippen LogP contribution in [-0.4, -0.2) is 25.6 Å². The van der Waals surface area contributed by atoms with Crippen LogP contribution in [0.1, 0.15) is 10.4 Å². The monoisotopic (exact) mass is 411 g/mol. The van der Waals surface area contributed by atoms with Crippen molar-refractivity contribution in [1.82, 2.24) is 0 Å². The van der Waals surface area contributed by atoms with E-state index in [9.17, 15) is 9.59 Å². The summed E-state index contributed by atoms with van der Waals surface area (Å²) >= 11 is 2.15. The third kappa shape index (κ3) is 4.73. The molecule has 0 spiro atoms. The maximum atomic E-state index is 12.2. The molecule has 0 fully saturated rings. The Balaban J connectivity index is 2.03. The van der Waals surface area contributed by atoms with Gasteiger partial charge < -0.3 is 14.8 Å².